The molecule has 2 aromatic carbocycles. The summed E-state index contributed by atoms with van der Waals surface area (Å²) >= 11 is 1.71. The maximum atomic E-state index is 12.8. The third-order valence-corrected chi connectivity index (χ3v) is 4.99. The summed E-state index contributed by atoms with van der Waals surface area (Å²) in [5.74, 6) is 0.123. The van der Waals surface area contributed by atoms with Gasteiger partial charge in [0.05, 0.1) is 6.04 Å². The van der Waals surface area contributed by atoms with Gasteiger partial charge >= 0.3 is 0 Å². The van der Waals surface area contributed by atoms with Crippen LogP contribution in [-0.2, 0) is 6.54 Å². The predicted octanol–water partition coefficient (Wildman–Crippen LogP) is 4.49. The number of hydrogen-bond donors (Lipinski definition) is 0. The standard InChI is InChI=1S/C19H15NOS/c21-19-16-10-5-4-9-15(16)18(17-11-6-12-22-17)20(19)13-14-7-2-1-3-8-14/h1-12,18H,13H2. The second-order valence-electron chi connectivity index (χ2n) is 5.42. The summed E-state index contributed by atoms with van der Waals surface area (Å²) in [4.78, 5) is 16.0. The molecule has 2 nitrogen and oxygen atoms in total. The first-order valence-corrected chi connectivity index (χ1v) is 8.20. The van der Waals surface area contributed by atoms with Crippen LogP contribution in [-0.4, -0.2) is 10.8 Å². The van der Waals surface area contributed by atoms with Gasteiger partial charge in [0.1, 0.15) is 0 Å². The zero-order valence-electron chi connectivity index (χ0n) is 12.0. The van der Waals surface area contributed by atoms with Gasteiger partial charge in [0.2, 0.25) is 0 Å². The van der Waals surface area contributed by atoms with Gasteiger partial charge in [0, 0.05) is 17.0 Å². The van der Waals surface area contributed by atoms with Crippen LogP contribution in [0.5, 0.6) is 0 Å². The molecule has 1 amide bonds. The highest BCUT2D eigenvalue weighted by molar-refractivity contribution is 7.10. The van der Waals surface area contributed by atoms with Crippen molar-refractivity contribution in [2.24, 2.45) is 0 Å². The lowest BCUT2D eigenvalue weighted by Crippen LogP contribution is -2.27. The van der Waals surface area contributed by atoms with Crippen LogP contribution in [0.4, 0.5) is 0 Å². The molecule has 1 atom stereocenters. The van der Waals surface area contributed by atoms with Crippen LogP contribution in [0, 0.1) is 0 Å². The van der Waals surface area contributed by atoms with Gasteiger partial charge in [-0.1, -0.05) is 54.6 Å². The fourth-order valence-corrected chi connectivity index (χ4v) is 3.92. The highest BCUT2D eigenvalue weighted by atomic mass is 32.1. The Labute approximate surface area is 133 Å². The number of hydrogen-bond acceptors (Lipinski definition) is 2. The van der Waals surface area contributed by atoms with E-state index in [1.54, 1.807) is 11.3 Å². The number of carbonyl (C=O) groups excluding carboxylic acids is 1. The van der Waals surface area contributed by atoms with Gasteiger partial charge in [0.25, 0.3) is 5.91 Å². The van der Waals surface area contributed by atoms with E-state index in [1.807, 2.05) is 47.4 Å². The number of carbonyl (C=O) groups is 1. The molecular weight excluding hydrogens is 290 g/mol. The monoisotopic (exact) mass is 305 g/mol. The Morgan fingerprint density at radius 2 is 1.68 bits per heavy atom. The fraction of sp³-hybridized carbons (Fsp3) is 0.105. The molecule has 1 aliphatic rings. The molecule has 0 radical (unpaired) electrons. The van der Waals surface area contributed by atoms with Gasteiger partial charge in [-0.2, -0.15) is 0 Å². The molecule has 0 saturated heterocycles. The first-order chi connectivity index (χ1) is 10.8. The van der Waals surface area contributed by atoms with E-state index < -0.39 is 0 Å². The van der Waals surface area contributed by atoms with Crippen molar-refractivity contribution in [2.75, 3.05) is 0 Å². The first kappa shape index (κ1) is 13.3. The number of amides is 1. The maximum absolute atomic E-state index is 12.8. The van der Waals surface area contributed by atoms with Crippen LogP contribution in [0.25, 0.3) is 0 Å². The zero-order valence-corrected chi connectivity index (χ0v) is 12.8. The van der Waals surface area contributed by atoms with Crippen molar-refractivity contribution >= 4 is 17.2 Å². The van der Waals surface area contributed by atoms with Gasteiger partial charge in [-0.15, -0.1) is 11.3 Å². The first-order valence-electron chi connectivity index (χ1n) is 7.32. The van der Waals surface area contributed by atoms with Gasteiger partial charge < -0.3 is 4.90 Å². The molecule has 22 heavy (non-hydrogen) atoms. The van der Waals surface area contributed by atoms with Crippen molar-refractivity contribution in [3.8, 4) is 0 Å². The molecular formula is C19H15NOS. The average molecular weight is 305 g/mol. The highest BCUT2D eigenvalue weighted by Crippen LogP contribution is 2.40. The SMILES string of the molecule is O=C1c2ccccc2C(c2cccs2)N1Cc1ccccc1. The minimum atomic E-state index is 0.0314. The van der Waals surface area contributed by atoms with Crippen LogP contribution in [0.15, 0.2) is 72.1 Å². The molecule has 2 heterocycles. The lowest BCUT2D eigenvalue weighted by atomic mass is 10.0. The number of benzene rings is 2. The van der Waals surface area contributed by atoms with Gasteiger partial charge in [0.15, 0.2) is 0 Å². The lowest BCUT2D eigenvalue weighted by Gasteiger charge is -2.24. The molecule has 3 heteroatoms. The summed E-state index contributed by atoms with van der Waals surface area (Å²) in [6.45, 7) is 0.636. The third kappa shape index (κ3) is 2.14. The highest BCUT2D eigenvalue weighted by Gasteiger charge is 2.37. The number of nitrogens with zero attached hydrogens (tertiary/aromatic N) is 1. The Balaban J connectivity index is 1.78. The number of fused-ring (bicyclic) bond motifs is 1. The summed E-state index contributed by atoms with van der Waals surface area (Å²) in [5, 5.41) is 2.07. The van der Waals surface area contributed by atoms with E-state index in [2.05, 4.69) is 29.6 Å². The van der Waals surface area contributed by atoms with Crippen LogP contribution in [0.1, 0.15) is 32.4 Å². The van der Waals surface area contributed by atoms with E-state index in [-0.39, 0.29) is 11.9 Å². The molecule has 108 valence electrons. The number of thiophene rings is 1. The summed E-state index contributed by atoms with van der Waals surface area (Å²) in [6.07, 6.45) is 0. The van der Waals surface area contributed by atoms with Crippen LogP contribution < -0.4 is 0 Å². The number of rotatable bonds is 3. The molecule has 3 aromatic rings. The molecule has 0 saturated carbocycles. The van der Waals surface area contributed by atoms with E-state index in [1.165, 1.54) is 4.88 Å². The van der Waals surface area contributed by atoms with E-state index >= 15 is 0 Å². The Morgan fingerprint density at radius 3 is 2.45 bits per heavy atom. The van der Waals surface area contributed by atoms with Crippen molar-refractivity contribution in [1.29, 1.82) is 0 Å². The smallest absolute Gasteiger partial charge is 0.255 e. The molecule has 0 N–H and O–H groups in total. The second-order valence-corrected chi connectivity index (χ2v) is 6.40. The van der Waals surface area contributed by atoms with E-state index in [0.29, 0.717) is 6.54 Å². The third-order valence-electron chi connectivity index (χ3n) is 4.07. The van der Waals surface area contributed by atoms with Crippen molar-refractivity contribution in [1.82, 2.24) is 4.90 Å². The molecule has 1 aliphatic heterocycles. The fourth-order valence-electron chi connectivity index (χ4n) is 3.07. The predicted molar refractivity (Wildman–Crippen MR) is 88.9 cm³/mol. The average Bonchev–Trinajstić information content (AvgIpc) is 3.17. The van der Waals surface area contributed by atoms with Crippen LogP contribution in [0.3, 0.4) is 0 Å². The van der Waals surface area contributed by atoms with E-state index in [0.717, 1.165) is 16.7 Å². The van der Waals surface area contributed by atoms with Gasteiger partial charge in [-0.05, 0) is 28.6 Å². The Hall–Kier alpha value is -2.39. The van der Waals surface area contributed by atoms with Crippen molar-refractivity contribution < 1.29 is 4.79 Å². The minimum absolute atomic E-state index is 0.0314. The van der Waals surface area contributed by atoms with E-state index in [9.17, 15) is 4.79 Å². The molecule has 1 unspecified atom stereocenters. The zero-order chi connectivity index (χ0) is 14.9. The summed E-state index contributed by atoms with van der Waals surface area (Å²) in [5.41, 5.74) is 3.10. The Bertz CT molecular complexity index is 795. The van der Waals surface area contributed by atoms with Crippen LogP contribution >= 0.6 is 11.3 Å². The summed E-state index contributed by atoms with van der Waals surface area (Å²) < 4.78 is 0. The Kier molecular flexibility index (Phi) is 3.28. The lowest BCUT2D eigenvalue weighted by molar-refractivity contribution is 0.0738. The molecule has 1 aromatic heterocycles. The van der Waals surface area contributed by atoms with Crippen molar-refractivity contribution in [3.63, 3.8) is 0 Å². The topological polar surface area (TPSA) is 20.3 Å². The molecule has 4 rings (SSSR count). The molecule has 0 fully saturated rings. The molecule has 0 spiro atoms. The summed E-state index contributed by atoms with van der Waals surface area (Å²) in [7, 11) is 0. The minimum Gasteiger partial charge on any atom is -0.322 e. The van der Waals surface area contributed by atoms with Gasteiger partial charge in [-0.25, -0.2) is 0 Å². The van der Waals surface area contributed by atoms with E-state index in [4.69, 9.17) is 0 Å². The largest absolute Gasteiger partial charge is 0.322 e. The molecule has 0 aliphatic carbocycles. The van der Waals surface area contributed by atoms with Crippen molar-refractivity contribution in [2.45, 2.75) is 12.6 Å². The Morgan fingerprint density at radius 1 is 0.909 bits per heavy atom. The molecule has 0 bridgehead atoms. The van der Waals surface area contributed by atoms with Crippen molar-refractivity contribution in [3.05, 3.63) is 93.7 Å². The van der Waals surface area contributed by atoms with Crippen LogP contribution in [0.2, 0.25) is 0 Å². The van der Waals surface area contributed by atoms with Gasteiger partial charge in [-0.3, -0.25) is 4.79 Å². The second kappa shape index (κ2) is 5.43. The quantitative estimate of drug-likeness (QED) is 0.698. The normalized spacial score (nSPS) is 16.8. The maximum Gasteiger partial charge on any atom is 0.255 e. The summed E-state index contributed by atoms with van der Waals surface area (Å²) in [6, 6.07) is 22.3.